The summed E-state index contributed by atoms with van der Waals surface area (Å²) in [4.78, 5) is 12.6. The second-order valence-electron chi connectivity index (χ2n) is 7.46. The van der Waals surface area contributed by atoms with Crippen LogP contribution >= 0.6 is 11.6 Å². The highest BCUT2D eigenvalue weighted by molar-refractivity contribution is 6.32. The van der Waals surface area contributed by atoms with Gasteiger partial charge in [0.1, 0.15) is 18.0 Å². The molecule has 3 aromatic carbocycles. The Morgan fingerprint density at radius 2 is 1.63 bits per heavy atom. The van der Waals surface area contributed by atoms with Gasteiger partial charge in [0.15, 0.2) is 17.3 Å². The van der Waals surface area contributed by atoms with Gasteiger partial charge in [-0.1, -0.05) is 54.1 Å². The molecule has 5 nitrogen and oxygen atoms in total. The lowest BCUT2D eigenvalue weighted by Gasteiger charge is -2.16. The molecule has 4 aromatic rings. The quantitative estimate of drug-likeness (QED) is 0.273. The van der Waals surface area contributed by atoms with Gasteiger partial charge in [-0.3, -0.25) is 4.79 Å². The summed E-state index contributed by atoms with van der Waals surface area (Å²) in [5, 5.41) is 3.39. The molecule has 0 radical (unpaired) electrons. The molecule has 0 fully saturated rings. The number of para-hydroxylation sites is 2. The van der Waals surface area contributed by atoms with Crippen molar-refractivity contribution in [2.45, 2.75) is 19.7 Å². The van der Waals surface area contributed by atoms with Crippen LogP contribution in [0, 0.1) is 12.7 Å². The molecule has 0 saturated carbocycles. The molecular weight excluding hydrogens is 488 g/mol. The van der Waals surface area contributed by atoms with Crippen molar-refractivity contribution < 1.29 is 27.0 Å². The van der Waals surface area contributed by atoms with Gasteiger partial charge in [0.25, 0.3) is 5.56 Å². The van der Waals surface area contributed by atoms with E-state index in [1.807, 2.05) is 30.3 Å². The maximum atomic E-state index is 14.7. The Balaban J connectivity index is 1.68. The number of hydrogen-bond acceptors (Lipinski definition) is 4. The van der Waals surface area contributed by atoms with E-state index >= 15 is 0 Å². The third-order valence-electron chi connectivity index (χ3n) is 5.06. The Bertz CT molecular complexity index is 1420. The van der Waals surface area contributed by atoms with Crippen LogP contribution in [0.15, 0.2) is 77.7 Å². The second kappa shape index (κ2) is 9.79. The molecule has 0 aliphatic carbocycles. The first-order valence-corrected chi connectivity index (χ1v) is 10.6. The van der Waals surface area contributed by atoms with Gasteiger partial charge in [0.2, 0.25) is 0 Å². The molecule has 0 aliphatic rings. The monoisotopic (exact) mass is 504 g/mol. The fraction of sp³-hybridized carbons (Fsp3) is 0.120. The molecule has 0 spiro atoms. The van der Waals surface area contributed by atoms with Crippen molar-refractivity contribution in [3.05, 3.63) is 111 Å². The van der Waals surface area contributed by atoms with Crippen LogP contribution in [0.25, 0.3) is 5.69 Å². The number of halogens is 5. The number of nitrogens with zero attached hydrogens (tertiary/aromatic N) is 2. The lowest BCUT2D eigenvalue weighted by atomic mass is 10.2. The lowest BCUT2D eigenvalue weighted by Crippen LogP contribution is -2.27. The molecule has 0 bridgehead atoms. The van der Waals surface area contributed by atoms with Crippen molar-refractivity contribution in [3.63, 3.8) is 0 Å². The molecule has 0 aliphatic heterocycles. The first kappa shape index (κ1) is 24.3. The summed E-state index contributed by atoms with van der Waals surface area (Å²) in [6.07, 6.45) is -4.30. The maximum absolute atomic E-state index is 14.7. The number of hydrogen-bond donors (Lipinski definition) is 0. The van der Waals surface area contributed by atoms with Gasteiger partial charge in [-0.05, 0) is 30.7 Å². The van der Waals surface area contributed by atoms with Crippen LogP contribution < -0.4 is 15.0 Å². The molecule has 0 atom stereocenters. The molecule has 180 valence electrons. The Morgan fingerprint density at radius 1 is 0.971 bits per heavy atom. The van der Waals surface area contributed by atoms with E-state index in [1.54, 1.807) is 24.3 Å². The Kier molecular flexibility index (Phi) is 6.79. The highest BCUT2D eigenvalue weighted by Crippen LogP contribution is 2.37. The number of alkyl halides is 3. The van der Waals surface area contributed by atoms with Crippen molar-refractivity contribution in [1.29, 1.82) is 0 Å². The smallest absolute Gasteiger partial charge is 0.418 e. The minimum absolute atomic E-state index is 0.0509. The van der Waals surface area contributed by atoms with Crippen LogP contribution in [0.5, 0.6) is 17.2 Å². The summed E-state index contributed by atoms with van der Waals surface area (Å²) >= 11 is 6.16. The van der Waals surface area contributed by atoms with E-state index in [4.69, 9.17) is 21.1 Å². The normalized spacial score (nSPS) is 11.4. The van der Waals surface area contributed by atoms with Crippen molar-refractivity contribution in [1.82, 2.24) is 9.78 Å². The van der Waals surface area contributed by atoms with Crippen LogP contribution in [0.3, 0.4) is 0 Å². The molecular formula is C25H17ClF4N2O3. The van der Waals surface area contributed by atoms with E-state index in [0.29, 0.717) is 16.6 Å². The fourth-order valence-corrected chi connectivity index (χ4v) is 3.45. The zero-order valence-corrected chi connectivity index (χ0v) is 18.9. The summed E-state index contributed by atoms with van der Waals surface area (Å²) in [6, 6.07) is 18.1. The predicted octanol–water partition coefficient (Wildman–Crippen LogP) is 6.72. The number of aromatic nitrogens is 2. The van der Waals surface area contributed by atoms with Crippen molar-refractivity contribution in [3.8, 4) is 22.9 Å². The third kappa shape index (κ3) is 5.30. The van der Waals surface area contributed by atoms with Gasteiger partial charge in [-0.25, -0.2) is 4.39 Å². The van der Waals surface area contributed by atoms with Gasteiger partial charge >= 0.3 is 6.18 Å². The molecule has 0 N–H and O–H groups in total. The molecule has 1 aromatic heterocycles. The molecule has 35 heavy (non-hydrogen) atoms. The van der Waals surface area contributed by atoms with E-state index in [0.717, 1.165) is 24.6 Å². The molecule has 0 amide bonds. The maximum Gasteiger partial charge on any atom is 0.418 e. The number of rotatable bonds is 6. The predicted molar refractivity (Wildman–Crippen MR) is 122 cm³/mol. The van der Waals surface area contributed by atoms with Gasteiger partial charge in [0, 0.05) is 11.6 Å². The summed E-state index contributed by atoms with van der Waals surface area (Å²) in [5.41, 5.74) is -2.45. The Morgan fingerprint density at radius 3 is 2.31 bits per heavy atom. The van der Waals surface area contributed by atoms with E-state index in [2.05, 4.69) is 5.10 Å². The molecule has 0 unspecified atom stereocenters. The summed E-state index contributed by atoms with van der Waals surface area (Å²) in [6.45, 7) is 1.25. The largest absolute Gasteiger partial charge is 0.485 e. The van der Waals surface area contributed by atoms with Crippen LogP contribution in [0.2, 0.25) is 5.02 Å². The minimum Gasteiger partial charge on any atom is -0.485 e. The zero-order valence-electron chi connectivity index (χ0n) is 18.1. The highest BCUT2D eigenvalue weighted by Gasteiger charge is 2.34. The van der Waals surface area contributed by atoms with Crippen molar-refractivity contribution in [2.75, 3.05) is 0 Å². The van der Waals surface area contributed by atoms with Crippen LogP contribution in [0.4, 0.5) is 17.6 Å². The standard InChI is InChI=1S/C25H17ClF4N2O3/c1-15-17(25(28,29)30)13-31-32(24(15)33)20-12-23(18(26)11-19(20)27)35-22-10-6-5-9-21(22)34-14-16-7-3-2-4-8-16/h2-13H,14H2,1H3. The molecule has 0 saturated heterocycles. The van der Waals surface area contributed by atoms with Crippen molar-refractivity contribution in [2.24, 2.45) is 0 Å². The summed E-state index contributed by atoms with van der Waals surface area (Å²) < 4.78 is 66.2. The lowest BCUT2D eigenvalue weighted by molar-refractivity contribution is -0.138. The van der Waals surface area contributed by atoms with Gasteiger partial charge in [-0.15, -0.1) is 0 Å². The molecule has 10 heteroatoms. The van der Waals surface area contributed by atoms with Crippen LogP contribution in [-0.4, -0.2) is 9.78 Å². The summed E-state index contributed by atoms with van der Waals surface area (Å²) in [5.74, 6) is -0.388. The van der Waals surface area contributed by atoms with Crippen molar-refractivity contribution >= 4 is 11.6 Å². The van der Waals surface area contributed by atoms with E-state index in [9.17, 15) is 22.4 Å². The van der Waals surface area contributed by atoms with E-state index in [1.165, 1.54) is 0 Å². The first-order chi connectivity index (χ1) is 16.6. The topological polar surface area (TPSA) is 53.4 Å². The highest BCUT2D eigenvalue weighted by atomic mass is 35.5. The second-order valence-corrected chi connectivity index (χ2v) is 7.86. The zero-order chi connectivity index (χ0) is 25.2. The Labute approximate surface area is 202 Å². The first-order valence-electron chi connectivity index (χ1n) is 10.2. The molecule has 4 rings (SSSR count). The van der Waals surface area contributed by atoms with Crippen LogP contribution in [0.1, 0.15) is 16.7 Å². The van der Waals surface area contributed by atoms with Gasteiger partial charge in [-0.2, -0.15) is 23.0 Å². The average molecular weight is 505 g/mol. The number of ether oxygens (including phenoxy) is 2. The van der Waals surface area contributed by atoms with E-state index < -0.39 is 34.4 Å². The third-order valence-corrected chi connectivity index (χ3v) is 5.36. The molecule has 1 heterocycles. The van der Waals surface area contributed by atoms with E-state index in [-0.39, 0.29) is 23.1 Å². The van der Waals surface area contributed by atoms with Gasteiger partial charge < -0.3 is 9.47 Å². The fourth-order valence-electron chi connectivity index (χ4n) is 3.26. The van der Waals surface area contributed by atoms with Crippen LogP contribution in [-0.2, 0) is 12.8 Å². The number of benzene rings is 3. The summed E-state index contributed by atoms with van der Waals surface area (Å²) in [7, 11) is 0. The average Bonchev–Trinajstić information content (AvgIpc) is 2.82. The Hall–Kier alpha value is -3.85. The minimum atomic E-state index is -4.77. The SMILES string of the molecule is Cc1c(C(F)(F)F)cnn(-c2cc(Oc3ccccc3OCc3ccccc3)c(Cl)cc2F)c1=O. The van der Waals surface area contributed by atoms with Gasteiger partial charge in [0.05, 0.1) is 16.8 Å².